The molecule has 4 rings (SSSR count). The van der Waals surface area contributed by atoms with Gasteiger partial charge >= 0.3 is 0 Å². The molecule has 1 aliphatic carbocycles. The summed E-state index contributed by atoms with van der Waals surface area (Å²) in [6.07, 6.45) is 6.97. The van der Waals surface area contributed by atoms with Gasteiger partial charge in [-0.2, -0.15) is 0 Å². The molecule has 0 unspecified atom stereocenters. The molecule has 0 spiro atoms. The molecule has 2 heterocycles. The first kappa shape index (κ1) is 17.0. The van der Waals surface area contributed by atoms with E-state index in [9.17, 15) is 9.90 Å². The number of hydrogen-bond acceptors (Lipinski definition) is 4. The Hall–Kier alpha value is -2.40. The molecule has 2 aliphatic rings. The molecule has 136 valence electrons. The number of amides is 1. The molecule has 5 heteroatoms. The highest BCUT2D eigenvalue weighted by molar-refractivity contribution is 5.94. The summed E-state index contributed by atoms with van der Waals surface area (Å²) in [5, 5.41) is 13.8. The first-order chi connectivity index (χ1) is 12.6. The third kappa shape index (κ3) is 3.58. The summed E-state index contributed by atoms with van der Waals surface area (Å²) in [6, 6.07) is 11.8. The van der Waals surface area contributed by atoms with Gasteiger partial charge in [0.2, 0.25) is 0 Å². The van der Waals surface area contributed by atoms with Crippen LogP contribution in [0.1, 0.15) is 40.7 Å². The molecule has 2 aromatic rings. The summed E-state index contributed by atoms with van der Waals surface area (Å²) in [5.74, 6) is 0.757. The van der Waals surface area contributed by atoms with Crippen LogP contribution in [0, 0.1) is 0 Å². The molecule has 1 aromatic carbocycles. The lowest BCUT2D eigenvalue weighted by molar-refractivity contribution is 0.0575. The van der Waals surface area contributed by atoms with Crippen LogP contribution < -0.4 is 10.2 Å². The van der Waals surface area contributed by atoms with Crippen molar-refractivity contribution in [1.29, 1.82) is 0 Å². The van der Waals surface area contributed by atoms with Gasteiger partial charge in [0, 0.05) is 31.4 Å². The van der Waals surface area contributed by atoms with Crippen molar-refractivity contribution in [3.8, 4) is 0 Å². The minimum Gasteiger partial charge on any atom is -0.386 e. The van der Waals surface area contributed by atoms with Crippen molar-refractivity contribution in [1.82, 2.24) is 10.3 Å². The SMILES string of the molecule is O=C(NC[C@@]1(O)CCN(c2ccccn2)C1)c1ccc2c(c1)CCCC2. The van der Waals surface area contributed by atoms with Crippen LogP contribution in [0.15, 0.2) is 42.6 Å². The van der Waals surface area contributed by atoms with Crippen LogP contribution in [0.4, 0.5) is 5.82 Å². The molecule has 2 N–H and O–H groups in total. The van der Waals surface area contributed by atoms with Crippen molar-refractivity contribution < 1.29 is 9.90 Å². The first-order valence-corrected chi connectivity index (χ1v) is 9.41. The molecule has 1 aliphatic heterocycles. The number of hydrogen-bond donors (Lipinski definition) is 2. The zero-order chi connectivity index (χ0) is 18.0. The highest BCUT2D eigenvalue weighted by Gasteiger charge is 2.37. The van der Waals surface area contributed by atoms with Crippen molar-refractivity contribution in [2.45, 2.75) is 37.7 Å². The number of β-amino-alcohol motifs (C(OH)–C–C–N with tert-alkyl or cyclic N) is 1. The van der Waals surface area contributed by atoms with Crippen molar-refractivity contribution in [3.05, 3.63) is 59.3 Å². The van der Waals surface area contributed by atoms with E-state index in [-0.39, 0.29) is 12.5 Å². The second kappa shape index (κ2) is 7.08. The van der Waals surface area contributed by atoms with Crippen LogP contribution >= 0.6 is 0 Å². The second-order valence-corrected chi connectivity index (χ2v) is 7.46. The summed E-state index contributed by atoms with van der Waals surface area (Å²) < 4.78 is 0. The molecule has 1 fully saturated rings. The number of nitrogens with zero attached hydrogens (tertiary/aromatic N) is 2. The van der Waals surface area contributed by atoms with Crippen LogP contribution in [0.25, 0.3) is 0 Å². The number of carbonyl (C=O) groups excluding carboxylic acids is 1. The summed E-state index contributed by atoms with van der Waals surface area (Å²) in [6.45, 7) is 1.48. The third-order valence-electron chi connectivity index (χ3n) is 5.49. The summed E-state index contributed by atoms with van der Waals surface area (Å²) in [4.78, 5) is 18.9. The quantitative estimate of drug-likeness (QED) is 0.887. The third-order valence-corrected chi connectivity index (χ3v) is 5.49. The van der Waals surface area contributed by atoms with Gasteiger partial charge < -0.3 is 15.3 Å². The fourth-order valence-electron chi connectivity index (χ4n) is 3.96. The summed E-state index contributed by atoms with van der Waals surface area (Å²) in [7, 11) is 0. The van der Waals surface area contributed by atoms with Gasteiger partial charge in [0.05, 0.1) is 0 Å². The van der Waals surface area contributed by atoms with E-state index in [4.69, 9.17) is 0 Å². The van der Waals surface area contributed by atoms with E-state index in [1.807, 2.05) is 30.3 Å². The van der Waals surface area contributed by atoms with Gasteiger partial charge in [-0.3, -0.25) is 4.79 Å². The van der Waals surface area contributed by atoms with Crippen LogP contribution in [-0.4, -0.2) is 41.2 Å². The number of aliphatic hydroxyl groups is 1. The highest BCUT2D eigenvalue weighted by atomic mass is 16.3. The minimum absolute atomic E-state index is 0.108. The maximum absolute atomic E-state index is 12.5. The molecule has 0 radical (unpaired) electrons. The van der Waals surface area contributed by atoms with Crippen LogP contribution in [-0.2, 0) is 12.8 Å². The van der Waals surface area contributed by atoms with E-state index in [2.05, 4.69) is 21.3 Å². The number of aromatic nitrogens is 1. The monoisotopic (exact) mass is 351 g/mol. The lowest BCUT2D eigenvalue weighted by Crippen LogP contribution is -2.45. The topological polar surface area (TPSA) is 65.5 Å². The number of aryl methyl sites for hydroxylation is 2. The van der Waals surface area contributed by atoms with E-state index in [1.165, 1.54) is 24.0 Å². The maximum atomic E-state index is 12.5. The smallest absolute Gasteiger partial charge is 0.251 e. The number of rotatable bonds is 4. The normalized spacial score (nSPS) is 22.1. The zero-order valence-corrected chi connectivity index (χ0v) is 14.9. The Kier molecular flexibility index (Phi) is 4.64. The molecular weight excluding hydrogens is 326 g/mol. The van der Waals surface area contributed by atoms with Gasteiger partial charge in [-0.05, 0) is 67.5 Å². The average molecular weight is 351 g/mol. The van der Waals surface area contributed by atoms with Gasteiger partial charge in [-0.25, -0.2) is 4.98 Å². The van der Waals surface area contributed by atoms with E-state index in [1.54, 1.807) is 6.20 Å². The van der Waals surface area contributed by atoms with Crippen molar-refractivity contribution in [3.63, 3.8) is 0 Å². The second-order valence-electron chi connectivity index (χ2n) is 7.46. The number of anilines is 1. The van der Waals surface area contributed by atoms with E-state index >= 15 is 0 Å². The Morgan fingerprint density at radius 1 is 1.19 bits per heavy atom. The van der Waals surface area contributed by atoms with Gasteiger partial charge in [-0.15, -0.1) is 0 Å². The van der Waals surface area contributed by atoms with Crippen LogP contribution in [0.2, 0.25) is 0 Å². The molecule has 1 saturated heterocycles. The van der Waals surface area contributed by atoms with Crippen LogP contribution in [0.5, 0.6) is 0 Å². The Labute approximate surface area is 154 Å². The Morgan fingerprint density at radius 3 is 2.85 bits per heavy atom. The number of benzene rings is 1. The van der Waals surface area contributed by atoms with Crippen LogP contribution in [0.3, 0.4) is 0 Å². The first-order valence-electron chi connectivity index (χ1n) is 9.41. The number of carbonyl (C=O) groups is 1. The lowest BCUT2D eigenvalue weighted by Gasteiger charge is -2.24. The molecule has 0 bridgehead atoms. The predicted molar refractivity (Wildman–Crippen MR) is 101 cm³/mol. The Balaban J connectivity index is 1.37. The fourth-order valence-corrected chi connectivity index (χ4v) is 3.96. The molecule has 1 atom stereocenters. The van der Waals surface area contributed by atoms with Crippen molar-refractivity contribution in [2.24, 2.45) is 0 Å². The van der Waals surface area contributed by atoms with Gasteiger partial charge in [0.15, 0.2) is 0 Å². The van der Waals surface area contributed by atoms with Crippen molar-refractivity contribution in [2.75, 3.05) is 24.5 Å². The molecule has 26 heavy (non-hydrogen) atoms. The maximum Gasteiger partial charge on any atom is 0.251 e. The molecular formula is C21H25N3O2. The fraction of sp³-hybridized carbons (Fsp3) is 0.429. The Bertz CT molecular complexity index is 793. The van der Waals surface area contributed by atoms with E-state index in [0.29, 0.717) is 18.5 Å². The summed E-state index contributed by atoms with van der Waals surface area (Å²) >= 11 is 0. The molecule has 1 amide bonds. The van der Waals surface area contributed by atoms with Gasteiger partial charge in [0.1, 0.15) is 11.4 Å². The number of nitrogens with one attached hydrogen (secondary N) is 1. The molecule has 5 nitrogen and oxygen atoms in total. The number of fused-ring (bicyclic) bond motifs is 1. The van der Waals surface area contributed by atoms with Gasteiger partial charge in [-0.1, -0.05) is 12.1 Å². The largest absolute Gasteiger partial charge is 0.386 e. The number of pyridine rings is 1. The zero-order valence-electron chi connectivity index (χ0n) is 14.9. The minimum atomic E-state index is -0.915. The molecule has 0 saturated carbocycles. The average Bonchev–Trinajstić information content (AvgIpc) is 3.09. The van der Waals surface area contributed by atoms with Gasteiger partial charge in [0.25, 0.3) is 5.91 Å². The predicted octanol–water partition coefficient (Wildman–Crippen LogP) is 2.33. The molecule has 1 aromatic heterocycles. The lowest BCUT2D eigenvalue weighted by atomic mass is 9.90. The van der Waals surface area contributed by atoms with E-state index < -0.39 is 5.60 Å². The van der Waals surface area contributed by atoms with E-state index in [0.717, 1.165) is 25.2 Å². The highest BCUT2D eigenvalue weighted by Crippen LogP contribution is 2.25. The van der Waals surface area contributed by atoms with Crippen molar-refractivity contribution >= 4 is 11.7 Å². The standard InChI is InChI=1S/C21H25N3O2/c25-20(18-9-8-16-5-1-2-6-17(16)13-18)23-14-21(26)10-12-24(15-21)19-7-3-4-11-22-19/h3-4,7-9,11,13,26H,1-2,5-6,10,12,14-15H2,(H,23,25)/t21-/m0/s1. The Morgan fingerprint density at radius 2 is 2.04 bits per heavy atom. The summed E-state index contributed by atoms with van der Waals surface area (Å²) in [5.41, 5.74) is 2.44.